The monoisotopic (exact) mass is 517 g/mol. The van der Waals surface area contributed by atoms with Crippen LogP contribution in [0.2, 0.25) is 5.02 Å². The Hall–Kier alpha value is -3.93. The summed E-state index contributed by atoms with van der Waals surface area (Å²) in [6.45, 7) is 2.73. The molecule has 4 rings (SSSR count). The number of likely N-dealkylation sites (tertiary alicyclic amines) is 1. The summed E-state index contributed by atoms with van der Waals surface area (Å²) in [4.78, 5) is 38.5. The van der Waals surface area contributed by atoms with E-state index in [-0.39, 0.29) is 18.9 Å². The van der Waals surface area contributed by atoms with Gasteiger partial charge in [-0.15, -0.1) is 0 Å². The average Bonchev–Trinajstić information content (AvgIpc) is 2.91. The number of carbonyl (C=O) groups excluding carboxylic acids is 2. The molecule has 1 fully saturated rings. The van der Waals surface area contributed by atoms with Crippen LogP contribution >= 0.6 is 11.6 Å². The summed E-state index contributed by atoms with van der Waals surface area (Å²) in [6.07, 6.45) is 2.90. The van der Waals surface area contributed by atoms with Crippen LogP contribution in [0.5, 0.6) is 0 Å². The number of halogens is 1. The minimum atomic E-state index is -1.10. The molecule has 2 unspecified atom stereocenters. The van der Waals surface area contributed by atoms with Gasteiger partial charge >= 0.3 is 5.97 Å². The Balaban J connectivity index is 1.56. The second-order valence-corrected chi connectivity index (χ2v) is 9.58. The van der Waals surface area contributed by atoms with E-state index in [0.717, 1.165) is 22.3 Å². The quantitative estimate of drug-likeness (QED) is 0.253. The van der Waals surface area contributed by atoms with Crippen molar-refractivity contribution in [2.75, 3.05) is 13.1 Å². The van der Waals surface area contributed by atoms with Gasteiger partial charge in [0.1, 0.15) is 6.04 Å². The molecule has 7 nitrogen and oxygen atoms in total. The summed E-state index contributed by atoms with van der Waals surface area (Å²) in [5.74, 6) is -1.33. The number of aliphatic carboxylic acids is 1. The van der Waals surface area contributed by atoms with Crippen molar-refractivity contribution in [2.24, 2.45) is 5.10 Å². The Morgan fingerprint density at radius 1 is 1.14 bits per heavy atom. The van der Waals surface area contributed by atoms with Gasteiger partial charge in [-0.1, -0.05) is 77.4 Å². The van der Waals surface area contributed by atoms with Crippen molar-refractivity contribution in [2.45, 2.75) is 38.3 Å². The van der Waals surface area contributed by atoms with E-state index < -0.39 is 18.1 Å². The number of amides is 1. The SMILES string of the molecule is Cc1cc(CC(C(=O)O)N(N=C=O)C2CCCN(C(=O)c3ccccc3Cl)C2)ccc1-c1ccccc1. The maximum atomic E-state index is 13.1. The fraction of sp³-hybridized carbons (Fsp3) is 0.276. The molecule has 0 aromatic heterocycles. The number of piperidine rings is 1. The van der Waals surface area contributed by atoms with Crippen LogP contribution in [0.4, 0.5) is 0 Å². The van der Waals surface area contributed by atoms with E-state index in [1.807, 2.05) is 55.5 Å². The summed E-state index contributed by atoms with van der Waals surface area (Å²) >= 11 is 6.23. The van der Waals surface area contributed by atoms with Crippen molar-refractivity contribution in [3.05, 3.63) is 94.5 Å². The molecule has 1 heterocycles. The Kier molecular flexibility index (Phi) is 8.39. The molecular formula is C29H28ClN3O4. The van der Waals surface area contributed by atoms with Gasteiger partial charge in [-0.25, -0.2) is 9.59 Å². The lowest BCUT2D eigenvalue weighted by molar-refractivity contribution is -0.144. The van der Waals surface area contributed by atoms with Crippen LogP contribution < -0.4 is 0 Å². The second kappa shape index (κ2) is 11.9. The average molecular weight is 518 g/mol. The largest absolute Gasteiger partial charge is 0.480 e. The number of hydrogen-bond donors (Lipinski definition) is 1. The van der Waals surface area contributed by atoms with Crippen molar-refractivity contribution in [3.8, 4) is 11.1 Å². The lowest BCUT2D eigenvalue weighted by Crippen LogP contribution is -2.53. The molecule has 2 atom stereocenters. The van der Waals surface area contributed by atoms with Crippen LogP contribution in [-0.4, -0.2) is 58.1 Å². The van der Waals surface area contributed by atoms with Crippen LogP contribution in [0.25, 0.3) is 11.1 Å². The molecule has 1 N–H and O–H groups in total. The van der Waals surface area contributed by atoms with Gasteiger partial charge in [-0.2, -0.15) is 0 Å². The zero-order valence-electron chi connectivity index (χ0n) is 20.5. The van der Waals surface area contributed by atoms with Crippen LogP contribution in [-0.2, 0) is 16.0 Å². The number of rotatable bonds is 8. The molecule has 8 heteroatoms. The van der Waals surface area contributed by atoms with Crippen molar-refractivity contribution in [3.63, 3.8) is 0 Å². The van der Waals surface area contributed by atoms with E-state index in [0.29, 0.717) is 30.0 Å². The summed E-state index contributed by atoms with van der Waals surface area (Å²) in [7, 11) is 0. The molecule has 1 aliphatic rings. The van der Waals surface area contributed by atoms with Crippen molar-refractivity contribution >= 4 is 29.6 Å². The summed E-state index contributed by atoms with van der Waals surface area (Å²) < 4.78 is 0. The number of carboxylic acid groups (broad SMARTS) is 1. The summed E-state index contributed by atoms with van der Waals surface area (Å²) in [5, 5.41) is 15.6. The predicted octanol–water partition coefficient (Wildman–Crippen LogP) is 5.17. The standard InChI is InChI=1S/C29H28ClN3O4/c1-20-16-21(13-14-24(20)22-8-3-2-4-9-22)17-27(29(36)37)33(31-19-34)23-10-7-15-32(18-23)28(35)25-11-5-6-12-26(25)30/h2-6,8-9,11-14,16,23,27H,7,10,15,17-18H2,1H3,(H,36,37). The normalized spacial score (nSPS) is 15.9. The molecule has 0 radical (unpaired) electrons. The van der Waals surface area contributed by atoms with Crippen molar-refractivity contribution < 1.29 is 19.5 Å². The highest BCUT2D eigenvalue weighted by atomic mass is 35.5. The van der Waals surface area contributed by atoms with E-state index in [2.05, 4.69) is 5.10 Å². The minimum absolute atomic E-state index is 0.144. The van der Waals surface area contributed by atoms with Crippen molar-refractivity contribution in [1.29, 1.82) is 0 Å². The minimum Gasteiger partial charge on any atom is -0.480 e. The first kappa shape index (κ1) is 26.1. The molecule has 1 aliphatic heterocycles. The molecule has 0 aliphatic carbocycles. The molecule has 0 spiro atoms. The van der Waals surface area contributed by atoms with E-state index in [4.69, 9.17) is 11.6 Å². The zero-order valence-corrected chi connectivity index (χ0v) is 21.3. The third-order valence-electron chi connectivity index (χ3n) is 6.73. The van der Waals surface area contributed by atoms with Crippen molar-refractivity contribution in [1.82, 2.24) is 9.91 Å². The number of nitrogens with zero attached hydrogens (tertiary/aromatic N) is 3. The summed E-state index contributed by atoms with van der Waals surface area (Å²) in [6, 6.07) is 21.1. The smallest absolute Gasteiger partial charge is 0.328 e. The maximum Gasteiger partial charge on any atom is 0.328 e. The van der Waals surface area contributed by atoms with Crippen LogP contribution in [0.1, 0.15) is 34.3 Å². The van der Waals surface area contributed by atoms with Gasteiger partial charge < -0.3 is 10.0 Å². The van der Waals surface area contributed by atoms with Gasteiger partial charge in [0.05, 0.1) is 16.6 Å². The first-order valence-electron chi connectivity index (χ1n) is 12.2. The molecule has 1 amide bonds. The summed E-state index contributed by atoms with van der Waals surface area (Å²) in [5.41, 5.74) is 4.38. The number of hydrogen-bond acceptors (Lipinski definition) is 5. The molecule has 0 saturated carbocycles. The highest BCUT2D eigenvalue weighted by molar-refractivity contribution is 6.33. The first-order chi connectivity index (χ1) is 17.9. The first-order valence-corrected chi connectivity index (χ1v) is 12.5. The third kappa shape index (κ3) is 6.08. The highest BCUT2D eigenvalue weighted by Gasteiger charge is 2.35. The highest BCUT2D eigenvalue weighted by Crippen LogP contribution is 2.27. The van der Waals surface area contributed by atoms with E-state index in [1.54, 1.807) is 29.2 Å². The lowest BCUT2D eigenvalue weighted by Gasteiger charge is -2.39. The number of carbonyl (C=O) groups is 2. The fourth-order valence-corrected chi connectivity index (χ4v) is 5.14. The van der Waals surface area contributed by atoms with Gasteiger partial charge in [-0.05, 0) is 54.2 Å². The van der Waals surface area contributed by atoms with Gasteiger partial charge in [0, 0.05) is 19.5 Å². The molecule has 3 aromatic carbocycles. The van der Waals surface area contributed by atoms with Gasteiger partial charge in [0.2, 0.25) is 0 Å². The number of isocyanates is 1. The Bertz CT molecular complexity index is 1320. The molecule has 190 valence electrons. The Morgan fingerprint density at radius 2 is 1.86 bits per heavy atom. The molecular weight excluding hydrogens is 490 g/mol. The van der Waals surface area contributed by atoms with E-state index in [9.17, 15) is 19.5 Å². The number of hydrazone groups is 1. The number of benzene rings is 3. The van der Waals surface area contributed by atoms with Gasteiger partial charge in [0.15, 0.2) is 0 Å². The van der Waals surface area contributed by atoms with Crippen LogP contribution in [0.15, 0.2) is 77.9 Å². The molecule has 0 bridgehead atoms. The molecule has 37 heavy (non-hydrogen) atoms. The fourth-order valence-electron chi connectivity index (χ4n) is 4.92. The number of aryl methyl sites for hydroxylation is 1. The Labute approximate surface area is 221 Å². The topological polar surface area (TPSA) is 90.3 Å². The van der Waals surface area contributed by atoms with E-state index in [1.165, 1.54) is 11.1 Å². The predicted molar refractivity (Wildman–Crippen MR) is 142 cm³/mol. The number of carboxylic acids is 1. The van der Waals surface area contributed by atoms with Crippen LogP contribution in [0, 0.1) is 6.92 Å². The molecule has 1 saturated heterocycles. The maximum absolute atomic E-state index is 13.1. The van der Waals surface area contributed by atoms with E-state index >= 15 is 0 Å². The van der Waals surface area contributed by atoms with Crippen LogP contribution in [0.3, 0.4) is 0 Å². The van der Waals surface area contributed by atoms with Gasteiger partial charge in [-0.3, -0.25) is 9.80 Å². The lowest BCUT2D eigenvalue weighted by atomic mass is 9.95. The zero-order chi connectivity index (χ0) is 26.4. The second-order valence-electron chi connectivity index (χ2n) is 9.17. The molecule has 3 aromatic rings. The Morgan fingerprint density at radius 3 is 2.54 bits per heavy atom. The third-order valence-corrected chi connectivity index (χ3v) is 7.06. The van der Waals surface area contributed by atoms with Gasteiger partial charge in [0.25, 0.3) is 12.0 Å².